The smallest absolute Gasteiger partial charge is 0.338 e. The summed E-state index contributed by atoms with van der Waals surface area (Å²) in [7, 11) is 1.56. The maximum Gasteiger partial charge on any atom is 0.338 e. The minimum atomic E-state index is -0.804. The predicted octanol–water partition coefficient (Wildman–Crippen LogP) is 3.75. The Balaban J connectivity index is 1.63. The van der Waals surface area contributed by atoms with E-state index in [4.69, 9.17) is 9.47 Å². The number of amides is 3. The number of urea groups is 1. The molecule has 0 aromatic heterocycles. The zero-order chi connectivity index (χ0) is 28.6. The number of benzene rings is 2. The monoisotopic (exact) mass is 550 g/mol. The molecular weight excluding hydrogens is 515 g/mol. The molecule has 1 unspecified atom stereocenters. The van der Waals surface area contributed by atoms with E-state index in [1.807, 2.05) is 4.90 Å². The van der Waals surface area contributed by atoms with Crippen LogP contribution in [0.15, 0.2) is 72.5 Å². The van der Waals surface area contributed by atoms with Gasteiger partial charge < -0.3 is 19.7 Å². The van der Waals surface area contributed by atoms with Gasteiger partial charge in [0.1, 0.15) is 11.6 Å². The normalized spacial score (nSPS) is 18.2. The topological polar surface area (TPSA) is 91.4 Å². The third-order valence-electron chi connectivity index (χ3n) is 7.01. The summed E-state index contributed by atoms with van der Waals surface area (Å²) < 4.78 is 24.4. The van der Waals surface area contributed by atoms with E-state index in [0.717, 1.165) is 0 Å². The van der Waals surface area contributed by atoms with Crippen molar-refractivity contribution in [2.24, 2.45) is 0 Å². The van der Waals surface area contributed by atoms with Crippen molar-refractivity contribution in [3.05, 3.63) is 89.4 Å². The highest BCUT2D eigenvalue weighted by atomic mass is 19.1. The van der Waals surface area contributed by atoms with Gasteiger partial charge >= 0.3 is 12.0 Å². The minimum Gasteiger partial charge on any atom is -0.497 e. The summed E-state index contributed by atoms with van der Waals surface area (Å²) in [4.78, 5) is 45.2. The zero-order valence-corrected chi connectivity index (χ0v) is 22.9. The molecule has 4 rings (SSSR count). The minimum absolute atomic E-state index is 0.0751. The molecule has 1 atom stereocenters. The lowest BCUT2D eigenvalue weighted by Gasteiger charge is -2.38. The average molecular weight is 551 g/mol. The Morgan fingerprint density at radius 3 is 2.60 bits per heavy atom. The Hall–Kier alpha value is -4.18. The van der Waals surface area contributed by atoms with Crippen LogP contribution in [0.2, 0.25) is 0 Å². The molecule has 1 N–H and O–H groups in total. The Morgan fingerprint density at radius 1 is 1.12 bits per heavy atom. The van der Waals surface area contributed by atoms with E-state index < -0.39 is 17.8 Å². The van der Waals surface area contributed by atoms with Crippen molar-refractivity contribution in [1.29, 1.82) is 0 Å². The van der Waals surface area contributed by atoms with Crippen molar-refractivity contribution in [3.8, 4) is 5.75 Å². The lowest BCUT2D eigenvalue weighted by Crippen LogP contribution is -2.51. The Labute approximate surface area is 233 Å². The van der Waals surface area contributed by atoms with Gasteiger partial charge in [-0.15, -0.1) is 6.58 Å². The van der Waals surface area contributed by atoms with Crippen LogP contribution in [0, 0.1) is 5.82 Å². The fraction of sp³-hybridized carbons (Fsp3) is 0.367. The van der Waals surface area contributed by atoms with Crippen LogP contribution in [0.4, 0.5) is 9.18 Å². The highest BCUT2D eigenvalue weighted by Gasteiger charge is 2.38. The molecule has 0 saturated carbocycles. The number of ether oxygens (including phenoxy) is 2. The van der Waals surface area contributed by atoms with Crippen molar-refractivity contribution >= 4 is 17.9 Å². The van der Waals surface area contributed by atoms with Gasteiger partial charge in [-0.1, -0.05) is 24.3 Å². The van der Waals surface area contributed by atoms with Gasteiger partial charge in [-0.25, -0.2) is 14.0 Å². The van der Waals surface area contributed by atoms with Crippen molar-refractivity contribution < 1.29 is 28.2 Å². The fourth-order valence-corrected chi connectivity index (χ4v) is 5.03. The first kappa shape index (κ1) is 28.8. The molecule has 2 aromatic carbocycles. The fourth-order valence-electron chi connectivity index (χ4n) is 5.03. The number of nitrogens with zero attached hydrogens (tertiary/aromatic N) is 3. The van der Waals surface area contributed by atoms with E-state index in [1.165, 1.54) is 17.0 Å². The number of rotatable bonds is 9. The van der Waals surface area contributed by atoms with Crippen LogP contribution < -0.4 is 10.1 Å². The van der Waals surface area contributed by atoms with Crippen LogP contribution in [0.1, 0.15) is 35.3 Å². The summed E-state index contributed by atoms with van der Waals surface area (Å²) in [5.41, 5.74) is 1.93. The highest BCUT2D eigenvalue weighted by Crippen LogP contribution is 2.32. The van der Waals surface area contributed by atoms with Crippen LogP contribution in [0.3, 0.4) is 0 Å². The zero-order valence-electron chi connectivity index (χ0n) is 22.9. The molecule has 0 radical (unpaired) electrons. The first-order valence-electron chi connectivity index (χ1n) is 13.4. The molecule has 2 aliphatic rings. The Morgan fingerprint density at radius 2 is 1.90 bits per heavy atom. The standard InChI is InChI=1S/C30H35FN4O5/c1-4-14-35-25(26(29(37)40-5-2)27(32-30(35)38)21-10-12-23(31)13-11-21)20-33-15-7-16-34(18-17-33)28(36)22-8-6-9-24(19-22)39-3/h4,6,8-13,19,27H,1,5,7,14-18,20H2,2-3H3,(H,32,38). The summed E-state index contributed by atoms with van der Waals surface area (Å²) in [6.07, 6.45) is 2.31. The largest absolute Gasteiger partial charge is 0.497 e. The molecule has 9 nitrogen and oxygen atoms in total. The van der Waals surface area contributed by atoms with E-state index in [1.54, 1.807) is 56.5 Å². The van der Waals surface area contributed by atoms with Crippen LogP contribution >= 0.6 is 0 Å². The molecule has 0 bridgehead atoms. The van der Waals surface area contributed by atoms with Crippen LogP contribution in [-0.4, -0.2) is 85.6 Å². The number of halogens is 1. The van der Waals surface area contributed by atoms with Crippen LogP contribution in [0.25, 0.3) is 0 Å². The van der Waals surface area contributed by atoms with E-state index >= 15 is 0 Å². The molecule has 0 aliphatic carbocycles. The molecule has 3 amide bonds. The van der Waals surface area contributed by atoms with Crippen LogP contribution in [0.5, 0.6) is 5.75 Å². The summed E-state index contributed by atoms with van der Waals surface area (Å²) in [5, 5.41) is 2.88. The first-order valence-corrected chi connectivity index (χ1v) is 13.4. The third-order valence-corrected chi connectivity index (χ3v) is 7.01. The van der Waals surface area contributed by atoms with Gasteiger partial charge in [-0.3, -0.25) is 14.6 Å². The lowest BCUT2D eigenvalue weighted by molar-refractivity contribution is -0.139. The van der Waals surface area contributed by atoms with Gasteiger partial charge in [0.05, 0.1) is 25.3 Å². The summed E-state index contributed by atoms with van der Waals surface area (Å²) in [6, 6.07) is 11.6. The van der Waals surface area contributed by atoms with Gasteiger partial charge in [-0.2, -0.15) is 0 Å². The van der Waals surface area contributed by atoms with Crippen molar-refractivity contribution in [1.82, 2.24) is 20.0 Å². The quantitative estimate of drug-likeness (QED) is 0.378. The molecule has 0 spiro atoms. The molecule has 2 aromatic rings. The van der Waals surface area contributed by atoms with Gasteiger partial charge in [-0.05, 0) is 49.2 Å². The molecule has 212 valence electrons. The molecule has 2 aliphatic heterocycles. The SMILES string of the molecule is C=CCN1C(=O)NC(c2ccc(F)cc2)C(C(=O)OCC)=C1CN1CCCN(C(=O)c2cccc(OC)c2)CC1. The van der Waals surface area contributed by atoms with E-state index in [2.05, 4.69) is 16.8 Å². The molecule has 1 fully saturated rings. The molecule has 10 heteroatoms. The molecule has 2 heterocycles. The molecule has 1 saturated heterocycles. The van der Waals surface area contributed by atoms with E-state index in [0.29, 0.717) is 60.7 Å². The maximum atomic E-state index is 13.7. The summed E-state index contributed by atoms with van der Waals surface area (Å²) in [5.74, 6) is -0.424. The van der Waals surface area contributed by atoms with Gasteiger partial charge in [0, 0.05) is 50.5 Å². The molecule has 40 heavy (non-hydrogen) atoms. The average Bonchev–Trinajstić information content (AvgIpc) is 3.20. The Kier molecular flexibility index (Phi) is 9.55. The van der Waals surface area contributed by atoms with E-state index in [-0.39, 0.29) is 31.6 Å². The second-order valence-electron chi connectivity index (χ2n) is 9.57. The second kappa shape index (κ2) is 13.3. The maximum absolute atomic E-state index is 13.7. The number of esters is 1. The number of hydrogen-bond acceptors (Lipinski definition) is 6. The number of hydrogen-bond donors (Lipinski definition) is 1. The lowest BCUT2D eigenvalue weighted by atomic mass is 9.94. The van der Waals surface area contributed by atoms with Gasteiger partial charge in [0.2, 0.25) is 0 Å². The summed E-state index contributed by atoms with van der Waals surface area (Å²) >= 11 is 0. The van der Waals surface area contributed by atoms with Crippen molar-refractivity contribution in [2.45, 2.75) is 19.4 Å². The van der Waals surface area contributed by atoms with Crippen molar-refractivity contribution in [3.63, 3.8) is 0 Å². The van der Waals surface area contributed by atoms with Gasteiger partial charge in [0.15, 0.2) is 0 Å². The van der Waals surface area contributed by atoms with E-state index in [9.17, 15) is 18.8 Å². The first-order chi connectivity index (χ1) is 19.4. The van der Waals surface area contributed by atoms with Crippen LogP contribution in [-0.2, 0) is 9.53 Å². The van der Waals surface area contributed by atoms with Crippen molar-refractivity contribution in [2.75, 3.05) is 53.0 Å². The molecular formula is C30H35FN4O5. The third kappa shape index (κ3) is 6.51. The predicted molar refractivity (Wildman–Crippen MR) is 148 cm³/mol. The number of carbonyl (C=O) groups excluding carboxylic acids is 3. The summed E-state index contributed by atoms with van der Waals surface area (Å²) in [6.45, 7) is 8.39. The number of nitrogens with one attached hydrogen (secondary N) is 1. The second-order valence-corrected chi connectivity index (χ2v) is 9.57. The number of methoxy groups -OCH3 is 1. The number of carbonyl (C=O) groups is 3. The van der Waals surface area contributed by atoms with Gasteiger partial charge in [0.25, 0.3) is 5.91 Å². The Bertz CT molecular complexity index is 1280. The highest BCUT2D eigenvalue weighted by molar-refractivity contribution is 5.95.